The Morgan fingerprint density at radius 3 is 1.62 bits per heavy atom. The van der Waals surface area contributed by atoms with Gasteiger partial charge in [0.15, 0.2) is 0 Å². The van der Waals surface area contributed by atoms with Crippen molar-refractivity contribution in [3.05, 3.63) is 0 Å². The molecule has 6 nitrogen and oxygen atoms in total. The average molecular weight is 388 g/mol. The maximum absolute atomic E-state index is 10.6. The summed E-state index contributed by atoms with van der Waals surface area (Å²) in [7, 11) is 0. The van der Waals surface area contributed by atoms with Gasteiger partial charge in [-0.1, -0.05) is 7.43 Å². The molecule has 2 rings (SSSR count). The predicted octanol–water partition coefficient (Wildman–Crippen LogP) is 0.427. The lowest BCUT2D eigenvalue weighted by molar-refractivity contribution is -0.138. The molecule has 0 aromatic heterocycles. The third-order valence-electron chi connectivity index (χ3n) is 2.19. The molecule has 0 saturated carbocycles. The van der Waals surface area contributed by atoms with Crippen LogP contribution < -0.4 is 5.32 Å². The Bertz CT molecular complexity index is 287. The van der Waals surface area contributed by atoms with E-state index in [-0.39, 0.29) is 49.7 Å². The monoisotopic (exact) mass is 386 g/mol. The first-order valence-corrected chi connectivity index (χ1v) is 7.00. The van der Waals surface area contributed by atoms with Crippen molar-refractivity contribution < 1.29 is 19.8 Å². The molecule has 2 saturated heterocycles. The summed E-state index contributed by atoms with van der Waals surface area (Å²) in [4.78, 5) is 21.6. The highest BCUT2D eigenvalue weighted by molar-refractivity contribution is 6.67. The predicted molar refractivity (Wildman–Crippen MR) is 87.7 cm³/mol. The SMILES string of the molecule is C.Cl.O=C(CCl)N1CC(O)C1.O=C(Cl)CCl.OC1CNC1. The second kappa shape index (κ2) is 15.1. The summed E-state index contributed by atoms with van der Waals surface area (Å²) < 4.78 is 0. The van der Waals surface area contributed by atoms with Crippen molar-refractivity contribution in [3.63, 3.8) is 0 Å². The number of alkyl halides is 2. The molecule has 0 unspecified atom stereocenters. The lowest BCUT2D eigenvalue weighted by atomic mass is 10.2. The molecule has 0 aromatic carbocycles. The highest BCUT2D eigenvalue weighted by Crippen LogP contribution is 2.07. The number of aliphatic hydroxyl groups is 2. The number of nitrogens with zero attached hydrogens (tertiary/aromatic N) is 1. The van der Waals surface area contributed by atoms with Gasteiger partial charge in [-0.3, -0.25) is 9.59 Å². The van der Waals surface area contributed by atoms with Crippen LogP contribution in [0.1, 0.15) is 7.43 Å². The highest BCUT2D eigenvalue weighted by Gasteiger charge is 2.27. The Kier molecular flexibility index (Phi) is 18.8. The van der Waals surface area contributed by atoms with Gasteiger partial charge in [-0.15, -0.1) is 35.6 Å². The summed E-state index contributed by atoms with van der Waals surface area (Å²) in [5.41, 5.74) is 0. The van der Waals surface area contributed by atoms with Gasteiger partial charge in [0.2, 0.25) is 11.1 Å². The van der Waals surface area contributed by atoms with E-state index in [2.05, 4.69) is 5.32 Å². The Balaban J connectivity index is -0.000000236. The van der Waals surface area contributed by atoms with Gasteiger partial charge in [0.1, 0.15) is 5.88 Å². The molecule has 2 aliphatic heterocycles. The number of likely N-dealkylation sites (tertiary alicyclic amines) is 1. The van der Waals surface area contributed by atoms with E-state index < -0.39 is 5.24 Å². The van der Waals surface area contributed by atoms with E-state index in [0.29, 0.717) is 13.1 Å². The minimum atomic E-state index is -0.508. The summed E-state index contributed by atoms with van der Waals surface area (Å²) in [6.45, 7) is 2.48. The van der Waals surface area contributed by atoms with Crippen LogP contribution in [0.2, 0.25) is 0 Å². The van der Waals surface area contributed by atoms with Crippen LogP contribution in [-0.2, 0) is 9.59 Å². The smallest absolute Gasteiger partial charge is 0.237 e. The first kappa shape index (κ1) is 26.1. The van der Waals surface area contributed by atoms with Gasteiger partial charge in [0.05, 0.1) is 18.1 Å². The first-order chi connectivity index (χ1) is 8.90. The van der Waals surface area contributed by atoms with Gasteiger partial charge in [-0.2, -0.15) is 0 Å². The molecule has 0 bridgehead atoms. The van der Waals surface area contributed by atoms with Gasteiger partial charge < -0.3 is 20.4 Å². The molecule has 0 radical (unpaired) electrons. The molecule has 0 spiro atoms. The minimum Gasteiger partial charge on any atom is -0.390 e. The number of halogens is 4. The van der Waals surface area contributed by atoms with Crippen molar-refractivity contribution >= 4 is 58.4 Å². The number of amides is 1. The van der Waals surface area contributed by atoms with Crippen LogP contribution in [0.15, 0.2) is 0 Å². The Labute approximate surface area is 146 Å². The normalized spacial score (nSPS) is 16.3. The van der Waals surface area contributed by atoms with Gasteiger partial charge in [-0.05, 0) is 11.6 Å². The minimum absolute atomic E-state index is 0. The Morgan fingerprint density at radius 1 is 1.10 bits per heavy atom. The fourth-order valence-corrected chi connectivity index (χ4v) is 1.19. The second-order valence-electron chi connectivity index (χ2n) is 3.89. The van der Waals surface area contributed by atoms with Gasteiger partial charge in [0, 0.05) is 26.2 Å². The molecule has 1 amide bonds. The molecule has 2 heterocycles. The number of rotatable bonds is 2. The topological polar surface area (TPSA) is 89.9 Å². The molecule has 21 heavy (non-hydrogen) atoms. The molecule has 2 aliphatic rings. The second-order valence-corrected chi connectivity index (χ2v) is 4.84. The molecule has 0 aromatic rings. The summed E-state index contributed by atoms with van der Waals surface area (Å²) in [5.74, 6) is -0.171. The highest BCUT2D eigenvalue weighted by atomic mass is 35.5. The van der Waals surface area contributed by atoms with Crippen molar-refractivity contribution in [2.24, 2.45) is 0 Å². The summed E-state index contributed by atoms with van der Waals surface area (Å²) in [6, 6.07) is 0. The number of carbonyl (C=O) groups is 2. The lowest BCUT2D eigenvalue weighted by Crippen LogP contribution is -2.53. The van der Waals surface area contributed by atoms with Crippen LogP contribution in [0.25, 0.3) is 0 Å². The maximum atomic E-state index is 10.6. The van der Waals surface area contributed by atoms with E-state index in [1.54, 1.807) is 0 Å². The number of nitrogens with one attached hydrogen (secondary N) is 1. The Hall–Kier alpha value is 0.180. The average Bonchev–Trinajstić information content (AvgIpc) is 2.33. The Morgan fingerprint density at radius 2 is 1.48 bits per heavy atom. The molecule has 128 valence electrons. The summed E-state index contributed by atoms with van der Waals surface area (Å²) in [5, 5.41) is 19.5. The number of carbonyl (C=O) groups excluding carboxylic acids is 2. The van der Waals surface area contributed by atoms with Gasteiger partial charge in [0.25, 0.3) is 0 Å². The fourth-order valence-electron chi connectivity index (χ4n) is 1.02. The largest absolute Gasteiger partial charge is 0.390 e. The van der Waals surface area contributed by atoms with Crippen molar-refractivity contribution in [1.82, 2.24) is 10.2 Å². The van der Waals surface area contributed by atoms with E-state index in [9.17, 15) is 9.59 Å². The van der Waals surface area contributed by atoms with Gasteiger partial charge >= 0.3 is 0 Å². The van der Waals surface area contributed by atoms with E-state index >= 15 is 0 Å². The summed E-state index contributed by atoms with van der Waals surface area (Å²) in [6.07, 6.45) is -0.368. The van der Waals surface area contributed by atoms with Gasteiger partial charge in [-0.25, -0.2) is 0 Å². The van der Waals surface area contributed by atoms with E-state index in [1.807, 2.05) is 0 Å². The maximum Gasteiger partial charge on any atom is 0.237 e. The quantitative estimate of drug-likeness (QED) is 0.472. The van der Waals surface area contributed by atoms with Crippen LogP contribution in [0.5, 0.6) is 0 Å². The zero-order chi connectivity index (χ0) is 14.8. The molecule has 10 heteroatoms. The standard InChI is InChI=1S/C5H8ClNO2.C3H7NO.C2H2Cl2O.CH4.ClH/c6-1-5(9)7-2-4(8)3-7;5-3-1-4-2-3;3-1-2(4)5;;/h4,8H,1-3H2;3-5H,1-2H2;1H2;1H4;1H. The molecule has 3 N–H and O–H groups in total. The zero-order valence-corrected chi connectivity index (χ0v) is 13.7. The number of aliphatic hydroxyl groups excluding tert-OH is 2. The van der Waals surface area contributed by atoms with Crippen molar-refractivity contribution in [1.29, 1.82) is 0 Å². The molecular weight excluding hydrogens is 366 g/mol. The molecular formula is C11H22Cl4N2O4. The number of β-amino-alcohol motifs (C(OH)–C–C–N with tert-alkyl or cyclic N) is 2. The molecule has 0 aliphatic carbocycles. The van der Waals surface area contributed by atoms with E-state index in [1.165, 1.54) is 4.90 Å². The van der Waals surface area contributed by atoms with Crippen LogP contribution in [0, 0.1) is 0 Å². The number of hydrogen-bond donors (Lipinski definition) is 3. The van der Waals surface area contributed by atoms with Crippen molar-refractivity contribution in [2.75, 3.05) is 37.9 Å². The van der Waals surface area contributed by atoms with Crippen LogP contribution in [0.3, 0.4) is 0 Å². The number of hydrogen-bond acceptors (Lipinski definition) is 5. The first-order valence-electron chi connectivity index (χ1n) is 5.55. The zero-order valence-electron chi connectivity index (χ0n) is 10.6. The third kappa shape index (κ3) is 13.6. The van der Waals surface area contributed by atoms with Crippen LogP contribution >= 0.6 is 47.2 Å². The lowest BCUT2D eigenvalue weighted by Gasteiger charge is -2.35. The fraction of sp³-hybridized carbons (Fsp3) is 0.818. The molecule has 2 fully saturated rings. The van der Waals surface area contributed by atoms with Crippen LogP contribution in [-0.4, -0.2) is 76.4 Å². The summed E-state index contributed by atoms with van der Waals surface area (Å²) >= 11 is 14.8. The van der Waals surface area contributed by atoms with Crippen LogP contribution in [0.4, 0.5) is 0 Å². The van der Waals surface area contributed by atoms with Crippen molar-refractivity contribution in [2.45, 2.75) is 19.6 Å². The molecule has 0 atom stereocenters. The van der Waals surface area contributed by atoms with E-state index in [0.717, 1.165) is 13.1 Å². The van der Waals surface area contributed by atoms with E-state index in [4.69, 9.17) is 45.0 Å². The third-order valence-corrected chi connectivity index (χ3v) is 2.94. The van der Waals surface area contributed by atoms with Crippen molar-refractivity contribution in [3.8, 4) is 0 Å².